The molecule has 0 spiro atoms. The molecule has 3 nitrogen and oxygen atoms in total. The molecule has 2 unspecified atom stereocenters. The van der Waals surface area contributed by atoms with Gasteiger partial charge in [0, 0.05) is 16.9 Å². The SMILES string of the molecule is C1=C(c2ccccc2)NC(c2ccc(-c3cccc4c5c(ccc34)NC(c3ccccc3)C=C5c3ccccc3)cc2)N=C1c1ccc(-c2ccccc2)cc1. The predicted octanol–water partition coefficient (Wildman–Crippen LogP) is 12.9. The summed E-state index contributed by atoms with van der Waals surface area (Å²) in [6.45, 7) is 0. The average Bonchev–Trinajstić information content (AvgIpc) is 3.29. The second kappa shape index (κ2) is 14.5. The lowest BCUT2D eigenvalue weighted by atomic mass is 9.85. The van der Waals surface area contributed by atoms with Gasteiger partial charge in [0.15, 0.2) is 0 Å². The minimum Gasteiger partial charge on any atom is -0.374 e. The molecule has 56 heavy (non-hydrogen) atoms. The monoisotopic (exact) mass is 717 g/mol. The van der Waals surface area contributed by atoms with Crippen LogP contribution in [0, 0.1) is 0 Å². The van der Waals surface area contributed by atoms with Crippen LogP contribution in [0.3, 0.4) is 0 Å². The Bertz CT molecular complexity index is 2750. The molecule has 2 atom stereocenters. The van der Waals surface area contributed by atoms with Gasteiger partial charge in [-0.1, -0.05) is 194 Å². The van der Waals surface area contributed by atoms with Crippen molar-refractivity contribution >= 4 is 33.4 Å². The summed E-state index contributed by atoms with van der Waals surface area (Å²) >= 11 is 0. The maximum Gasteiger partial charge on any atom is 0.145 e. The van der Waals surface area contributed by atoms with Gasteiger partial charge in [0.25, 0.3) is 0 Å². The van der Waals surface area contributed by atoms with Crippen molar-refractivity contribution in [2.45, 2.75) is 12.2 Å². The van der Waals surface area contributed by atoms with Crippen molar-refractivity contribution in [2.75, 3.05) is 5.32 Å². The first kappa shape index (κ1) is 33.3. The van der Waals surface area contributed by atoms with Crippen molar-refractivity contribution in [1.29, 1.82) is 0 Å². The second-order valence-electron chi connectivity index (χ2n) is 14.4. The number of fused-ring (bicyclic) bond motifs is 3. The third kappa shape index (κ3) is 6.40. The number of benzene rings is 8. The van der Waals surface area contributed by atoms with Crippen LogP contribution in [0.15, 0.2) is 217 Å². The maximum atomic E-state index is 5.28. The highest BCUT2D eigenvalue weighted by Crippen LogP contribution is 2.44. The summed E-state index contributed by atoms with van der Waals surface area (Å²) in [4.78, 5) is 5.28. The lowest BCUT2D eigenvalue weighted by Gasteiger charge is -2.29. The second-order valence-corrected chi connectivity index (χ2v) is 14.4. The predicted molar refractivity (Wildman–Crippen MR) is 234 cm³/mol. The van der Waals surface area contributed by atoms with E-state index in [1.54, 1.807) is 0 Å². The van der Waals surface area contributed by atoms with E-state index in [4.69, 9.17) is 4.99 Å². The van der Waals surface area contributed by atoms with E-state index in [0.29, 0.717) is 0 Å². The van der Waals surface area contributed by atoms with Crippen LogP contribution < -0.4 is 10.6 Å². The van der Waals surface area contributed by atoms with Gasteiger partial charge in [0.2, 0.25) is 0 Å². The quantitative estimate of drug-likeness (QED) is 0.172. The Morgan fingerprint density at radius 1 is 0.393 bits per heavy atom. The Balaban J connectivity index is 1.00. The smallest absolute Gasteiger partial charge is 0.145 e. The van der Waals surface area contributed by atoms with Crippen LogP contribution >= 0.6 is 0 Å². The summed E-state index contributed by atoms with van der Waals surface area (Å²) in [5, 5.41) is 10.1. The topological polar surface area (TPSA) is 36.4 Å². The molecule has 10 rings (SSSR count). The molecule has 8 aromatic carbocycles. The minimum absolute atomic E-state index is 0.0783. The van der Waals surface area contributed by atoms with Crippen molar-refractivity contribution in [3.8, 4) is 22.3 Å². The van der Waals surface area contributed by atoms with Crippen molar-refractivity contribution in [2.24, 2.45) is 4.99 Å². The van der Waals surface area contributed by atoms with Gasteiger partial charge in [-0.15, -0.1) is 0 Å². The van der Waals surface area contributed by atoms with Gasteiger partial charge in [0.05, 0.1) is 11.8 Å². The molecule has 3 heteroatoms. The zero-order valence-electron chi connectivity index (χ0n) is 30.8. The summed E-state index contributed by atoms with van der Waals surface area (Å²) in [6.07, 6.45) is 4.31. The molecule has 0 fully saturated rings. The van der Waals surface area contributed by atoms with Crippen LogP contribution in [0.2, 0.25) is 0 Å². The molecule has 0 aliphatic carbocycles. The number of nitrogens with zero attached hydrogens (tertiary/aromatic N) is 1. The number of nitrogens with one attached hydrogen (secondary N) is 2. The van der Waals surface area contributed by atoms with Gasteiger partial charge >= 0.3 is 0 Å². The Labute approximate surface area is 328 Å². The molecule has 8 aromatic rings. The van der Waals surface area contributed by atoms with E-state index in [9.17, 15) is 0 Å². The van der Waals surface area contributed by atoms with Crippen molar-refractivity contribution in [3.63, 3.8) is 0 Å². The molecule has 2 aliphatic heterocycles. The number of anilines is 1. The minimum atomic E-state index is -0.241. The van der Waals surface area contributed by atoms with Gasteiger partial charge in [-0.2, -0.15) is 0 Å². The Hall–Kier alpha value is -7.23. The van der Waals surface area contributed by atoms with Crippen LogP contribution in [-0.2, 0) is 0 Å². The number of hydrogen-bond acceptors (Lipinski definition) is 3. The third-order valence-electron chi connectivity index (χ3n) is 11.0. The first-order valence-electron chi connectivity index (χ1n) is 19.3. The maximum absolute atomic E-state index is 5.28. The molecular formula is C53H39N3. The van der Waals surface area contributed by atoms with Crippen molar-refractivity contribution < 1.29 is 0 Å². The number of rotatable bonds is 7. The molecule has 0 saturated heterocycles. The molecular weight excluding hydrogens is 679 g/mol. The van der Waals surface area contributed by atoms with E-state index < -0.39 is 0 Å². The molecule has 2 aliphatic rings. The highest BCUT2D eigenvalue weighted by Gasteiger charge is 2.24. The number of allylic oxidation sites excluding steroid dienone is 1. The Kier molecular flexibility index (Phi) is 8.66. The van der Waals surface area contributed by atoms with Crippen LogP contribution in [-0.4, -0.2) is 5.71 Å². The highest BCUT2D eigenvalue weighted by atomic mass is 15.1. The molecule has 0 saturated carbocycles. The van der Waals surface area contributed by atoms with Crippen molar-refractivity contribution in [3.05, 3.63) is 246 Å². The molecule has 0 amide bonds. The van der Waals surface area contributed by atoms with E-state index in [1.807, 2.05) is 0 Å². The fourth-order valence-electron chi connectivity index (χ4n) is 8.12. The summed E-state index contributed by atoms with van der Waals surface area (Å²) in [7, 11) is 0. The summed E-state index contributed by atoms with van der Waals surface area (Å²) in [5.41, 5.74) is 16.2. The normalized spacial score (nSPS) is 16.1. The lowest BCUT2D eigenvalue weighted by molar-refractivity contribution is 0.664. The summed E-state index contributed by atoms with van der Waals surface area (Å²) in [6, 6.07) is 71.5. The van der Waals surface area contributed by atoms with Gasteiger partial charge in [-0.25, -0.2) is 0 Å². The average molecular weight is 718 g/mol. The van der Waals surface area contributed by atoms with Crippen LogP contribution in [0.25, 0.3) is 44.3 Å². The molecule has 0 bridgehead atoms. The number of aliphatic imine (C=N–C) groups is 1. The largest absolute Gasteiger partial charge is 0.374 e. The molecule has 0 radical (unpaired) electrons. The zero-order chi connectivity index (χ0) is 37.3. The van der Waals surface area contributed by atoms with Gasteiger partial charge in [-0.05, 0) is 84.6 Å². The van der Waals surface area contributed by atoms with Crippen LogP contribution in [0.4, 0.5) is 5.69 Å². The summed E-state index contributed by atoms with van der Waals surface area (Å²) in [5.74, 6) is 0. The number of hydrogen-bond donors (Lipinski definition) is 2. The molecule has 0 aromatic heterocycles. The van der Waals surface area contributed by atoms with Crippen LogP contribution in [0.1, 0.15) is 45.6 Å². The Morgan fingerprint density at radius 2 is 0.982 bits per heavy atom. The van der Waals surface area contributed by atoms with E-state index in [1.165, 1.54) is 55.3 Å². The van der Waals surface area contributed by atoms with E-state index in [0.717, 1.165) is 33.8 Å². The van der Waals surface area contributed by atoms with E-state index in [-0.39, 0.29) is 12.2 Å². The zero-order valence-corrected chi connectivity index (χ0v) is 30.8. The fourth-order valence-corrected chi connectivity index (χ4v) is 8.12. The summed E-state index contributed by atoms with van der Waals surface area (Å²) < 4.78 is 0. The van der Waals surface area contributed by atoms with Crippen LogP contribution in [0.5, 0.6) is 0 Å². The highest BCUT2D eigenvalue weighted by molar-refractivity contribution is 6.13. The van der Waals surface area contributed by atoms with Crippen molar-refractivity contribution in [1.82, 2.24) is 5.32 Å². The molecule has 2 heterocycles. The molecule has 2 N–H and O–H groups in total. The standard InChI is InChI=1S/C53H39N3/c1-5-14-36(15-6-1)37-24-28-42(29-25-37)51-35-50(41-20-11-4-12-21-41)55-53(56-51)43-30-26-39(27-31-43)44-22-13-23-46-45(44)32-33-48-52(46)47(38-16-7-2-8-17-38)34-49(54-48)40-18-9-3-10-19-40/h1-35,49,53-55H. The van der Waals surface area contributed by atoms with Gasteiger partial charge in [0.1, 0.15) is 6.17 Å². The first-order chi connectivity index (χ1) is 27.7. The Morgan fingerprint density at radius 3 is 1.68 bits per heavy atom. The third-order valence-corrected chi connectivity index (χ3v) is 11.0. The fraction of sp³-hybridized carbons (Fsp3) is 0.0377. The van der Waals surface area contributed by atoms with Gasteiger partial charge < -0.3 is 10.6 Å². The van der Waals surface area contributed by atoms with E-state index >= 15 is 0 Å². The first-order valence-corrected chi connectivity index (χ1v) is 19.3. The van der Waals surface area contributed by atoms with Gasteiger partial charge in [-0.3, -0.25) is 4.99 Å². The van der Waals surface area contributed by atoms with E-state index in [2.05, 4.69) is 223 Å². The lowest BCUT2D eigenvalue weighted by Crippen LogP contribution is -2.24. The molecule has 266 valence electrons.